The molecule has 0 atom stereocenters. The van der Waals surface area contributed by atoms with Gasteiger partial charge in [0, 0.05) is 39.8 Å². The van der Waals surface area contributed by atoms with Crippen LogP contribution in [0.1, 0.15) is 0 Å². The molecule has 4 rings (SSSR count). The third-order valence-electron chi connectivity index (χ3n) is 5.00. The molecule has 28 heavy (non-hydrogen) atoms. The Kier molecular flexibility index (Phi) is 5.90. The average Bonchev–Trinajstić information content (AvgIpc) is 3.35. The highest BCUT2D eigenvalue weighted by atomic mass is 32.1. The van der Waals surface area contributed by atoms with E-state index in [-0.39, 0.29) is 0 Å². The van der Waals surface area contributed by atoms with E-state index in [1.54, 1.807) is 6.26 Å². The molecule has 0 bridgehead atoms. The van der Waals surface area contributed by atoms with Crippen LogP contribution < -0.4 is 4.74 Å². The summed E-state index contributed by atoms with van der Waals surface area (Å²) in [6.07, 6.45) is 1.65. The van der Waals surface area contributed by atoms with E-state index in [9.17, 15) is 0 Å². The minimum Gasteiger partial charge on any atom is -0.492 e. The van der Waals surface area contributed by atoms with Crippen LogP contribution in [0.25, 0.3) is 11.6 Å². The van der Waals surface area contributed by atoms with Crippen LogP contribution >= 0.6 is 12.2 Å². The average molecular weight is 400 g/mol. The van der Waals surface area contributed by atoms with Gasteiger partial charge >= 0.3 is 0 Å². The molecule has 0 saturated carbocycles. The van der Waals surface area contributed by atoms with Gasteiger partial charge in [-0.25, -0.2) is 4.68 Å². The first-order chi connectivity index (χ1) is 13.7. The molecule has 7 nitrogen and oxygen atoms in total. The topological polar surface area (TPSA) is 51.6 Å². The Morgan fingerprint density at radius 3 is 2.50 bits per heavy atom. The highest BCUT2D eigenvalue weighted by molar-refractivity contribution is 7.71. The largest absolute Gasteiger partial charge is 0.492 e. The molecule has 8 heteroatoms. The second-order valence-corrected chi connectivity index (χ2v) is 7.27. The van der Waals surface area contributed by atoms with E-state index < -0.39 is 0 Å². The van der Waals surface area contributed by atoms with Crippen LogP contribution in [-0.2, 0) is 13.7 Å². The van der Waals surface area contributed by atoms with E-state index in [0.717, 1.165) is 50.1 Å². The Balaban J connectivity index is 1.27. The number of piperazine rings is 1. The lowest BCUT2D eigenvalue weighted by atomic mass is 10.3. The fraction of sp³-hybridized carbons (Fsp3) is 0.400. The fourth-order valence-corrected chi connectivity index (χ4v) is 3.54. The van der Waals surface area contributed by atoms with Crippen molar-refractivity contribution in [1.29, 1.82) is 0 Å². The lowest BCUT2D eigenvalue weighted by molar-refractivity contribution is 0.0921. The van der Waals surface area contributed by atoms with E-state index in [2.05, 4.69) is 14.9 Å². The first-order valence-electron chi connectivity index (χ1n) is 9.51. The number of para-hydroxylation sites is 1. The first kappa shape index (κ1) is 18.9. The van der Waals surface area contributed by atoms with Crippen LogP contribution in [0.4, 0.5) is 0 Å². The monoisotopic (exact) mass is 399 g/mol. The van der Waals surface area contributed by atoms with E-state index in [1.807, 2.05) is 58.8 Å². The van der Waals surface area contributed by atoms with Crippen LogP contribution in [0.15, 0.2) is 53.1 Å². The van der Waals surface area contributed by atoms with Gasteiger partial charge in [-0.05, 0) is 36.5 Å². The zero-order valence-electron chi connectivity index (χ0n) is 16.0. The number of furan rings is 1. The molecule has 0 radical (unpaired) electrons. The summed E-state index contributed by atoms with van der Waals surface area (Å²) >= 11 is 5.55. The summed E-state index contributed by atoms with van der Waals surface area (Å²) in [6, 6.07) is 13.7. The van der Waals surface area contributed by atoms with E-state index >= 15 is 0 Å². The van der Waals surface area contributed by atoms with Crippen molar-refractivity contribution >= 4 is 12.2 Å². The molecule has 0 N–H and O–H groups in total. The lowest BCUT2D eigenvalue weighted by Gasteiger charge is -2.34. The van der Waals surface area contributed by atoms with Crippen molar-refractivity contribution in [3.63, 3.8) is 0 Å². The summed E-state index contributed by atoms with van der Waals surface area (Å²) in [5.74, 6) is 2.42. The van der Waals surface area contributed by atoms with Gasteiger partial charge < -0.3 is 13.7 Å². The van der Waals surface area contributed by atoms with Gasteiger partial charge in [0.25, 0.3) is 0 Å². The highest BCUT2D eigenvalue weighted by Gasteiger charge is 2.19. The third-order valence-corrected chi connectivity index (χ3v) is 5.49. The number of hydrogen-bond donors (Lipinski definition) is 0. The van der Waals surface area contributed by atoms with Crippen molar-refractivity contribution in [2.75, 3.05) is 39.3 Å². The van der Waals surface area contributed by atoms with Gasteiger partial charge in [0.05, 0.1) is 12.9 Å². The molecule has 0 spiro atoms. The van der Waals surface area contributed by atoms with E-state index in [4.69, 9.17) is 21.4 Å². The normalized spacial score (nSPS) is 15.8. The zero-order chi connectivity index (χ0) is 19.3. The molecule has 1 aliphatic heterocycles. The molecular weight excluding hydrogens is 374 g/mol. The Bertz CT molecular complexity index is 927. The minimum absolute atomic E-state index is 0.696. The number of ether oxygens (including phenoxy) is 1. The third kappa shape index (κ3) is 4.35. The van der Waals surface area contributed by atoms with Crippen molar-refractivity contribution in [2.45, 2.75) is 6.67 Å². The Labute approximate surface area is 169 Å². The molecule has 0 amide bonds. The van der Waals surface area contributed by atoms with Gasteiger partial charge in [0.15, 0.2) is 16.4 Å². The van der Waals surface area contributed by atoms with Crippen molar-refractivity contribution in [3.8, 4) is 17.3 Å². The van der Waals surface area contributed by atoms with E-state index in [0.29, 0.717) is 18.0 Å². The predicted molar refractivity (Wildman–Crippen MR) is 110 cm³/mol. The Hall–Kier alpha value is -2.42. The SMILES string of the molecule is Cn1c(-c2ccco2)nn(CN2CCN(CCOc3ccccc3)CC2)c1=S. The van der Waals surface area contributed by atoms with Crippen LogP contribution in [-0.4, -0.2) is 63.5 Å². The van der Waals surface area contributed by atoms with Crippen LogP contribution in [0.5, 0.6) is 5.75 Å². The maximum Gasteiger partial charge on any atom is 0.199 e. The lowest BCUT2D eigenvalue weighted by Crippen LogP contribution is -2.47. The minimum atomic E-state index is 0.696. The molecule has 1 fully saturated rings. The summed E-state index contributed by atoms with van der Waals surface area (Å²) in [4.78, 5) is 4.81. The molecule has 3 aromatic rings. The summed E-state index contributed by atoms with van der Waals surface area (Å²) in [6.45, 7) is 6.35. The highest BCUT2D eigenvalue weighted by Crippen LogP contribution is 2.18. The van der Waals surface area contributed by atoms with Gasteiger partial charge in [0.2, 0.25) is 0 Å². The van der Waals surface area contributed by atoms with Crippen LogP contribution in [0.2, 0.25) is 0 Å². The maximum atomic E-state index is 5.80. The molecular formula is C20H25N5O2S. The number of rotatable bonds is 7. The van der Waals surface area contributed by atoms with Gasteiger partial charge in [-0.15, -0.1) is 5.10 Å². The predicted octanol–water partition coefficient (Wildman–Crippen LogP) is 2.87. The Morgan fingerprint density at radius 1 is 1.04 bits per heavy atom. The quantitative estimate of drug-likeness (QED) is 0.570. The maximum absolute atomic E-state index is 5.80. The van der Waals surface area contributed by atoms with Crippen LogP contribution in [0, 0.1) is 4.77 Å². The second-order valence-electron chi connectivity index (χ2n) is 6.90. The van der Waals surface area contributed by atoms with E-state index in [1.165, 1.54) is 0 Å². The van der Waals surface area contributed by atoms with Gasteiger partial charge in [0.1, 0.15) is 12.4 Å². The Morgan fingerprint density at radius 2 is 1.79 bits per heavy atom. The molecule has 2 aromatic heterocycles. The number of hydrogen-bond acceptors (Lipinski definition) is 6. The van der Waals surface area contributed by atoms with Crippen molar-refractivity contribution < 1.29 is 9.15 Å². The molecule has 148 valence electrons. The summed E-state index contributed by atoms with van der Waals surface area (Å²) < 4.78 is 15.7. The smallest absolute Gasteiger partial charge is 0.199 e. The molecule has 1 aliphatic rings. The van der Waals surface area contributed by atoms with Gasteiger partial charge in [-0.1, -0.05) is 18.2 Å². The summed E-state index contributed by atoms with van der Waals surface area (Å²) in [5, 5.41) is 4.65. The second kappa shape index (κ2) is 8.72. The van der Waals surface area contributed by atoms with Gasteiger partial charge in [-0.2, -0.15) is 0 Å². The standard InChI is InChI=1S/C20H25N5O2S/c1-22-19(18-8-5-14-27-18)21-25(20(22)28)16-24-11-9-23(10-12-24)13-15-26-17-6-3-2-4-7-17/h2-8,14H,9-13,15-16H2,1H3. The zero-order valence-corrected chi connectivity index (χ0v) is 16.8. The molecule has 1 aromatic carbocycles. The first-order valence-corrected chi connectivity index (χ1v) is 9.92. The van der Waals surface area contributed by atoms with Crippen molar-refractivity contribution in [3.05, 3.63) is 53.5 Å². The molecule has 0 unspecified atom stereocenters. The molecule has 0 aliphatic carbocycles. The number of nitrogens with zero attached hydrogens (tertiary/aromatic N) is 5. The fourth-order valence-electron chi connectivity index (χ4n) is 3.35. The summed E-state index contributed by atoms with van der Waals surface area (Å²) in [7, 11) is 1.92. The number of aromatic nitrogens is 3. The summed E-state index contributed by atoms with van der Waals surface area (Å²) in [5.41, 5.74) is 0. The number of benzene rings is 1. The van der Waals surface area contributed by atoms with Crippen molar-refractivity contribution in [2.24, 2.45) is 7.05 Å². The van der Waals surface area contributed by atoms with Crippen LogP contribution in [0.3, 0.4) is 0 Å². The van der Waals surface area contributed by atoms with Crippen molar-refractivity contribution in [1.82, 2.24) is 24.1 Å². The van der Waals surface area contributed by atoms with Gasteiger partial charge in [-0.3, -0.25) is 9.80 Å². The molecule has 3 heterocycles. The molecule has 1 saturated heterocycles.